The van der Waals surface area contributed by atoms with Gasteiger partial charge in [0.15, 0.2) is 0 Å². The van der Waals surface area contributed by atoms with Crippen LogP contribution in [0.4, 0.5) is 0 Å². The maximum Gasteiger partial charge on any atom is 0.269 e. The molecule has 23 heavy (non-hydrogen) atoms. The van der Waals surface area contributed by atoms with E-state index in [-0.39, 0.29) is 5.91 Å². The Morgan fingerprint density at radius 3 is 2.78 bits per heavy atom. The van der Waals surface area contributed by atoms with Crippen LogP contribution in [0.25, 0.3) is 10.6 Å². The number of carbonyl (C=O) groups excluding carboxylic acids is 1. The first-order valence-electron chi connectivity index (χ1n) is 7.42. The van der Waals surface area contributed by atoms with E-state index in [0.717, 1.165) is 22.0 Å². The summed E-state index contributed by atoms with van der Waals surface area (Å²) in [5.74, 6) is -0.105. The lowest BCUT2D eigenvalue weighted by Gasteiger charge is -2.03. The number of rotatable bonds is 5. The summed E-state index contributed by atoms with van der Waals surface area (Å²) in [5.41, 5.74) is 3.53. The number of aromatic nitrogens is 3. The lowest BCUT2D eigenvalue weighted by Crippen LogP contribution is -2.27. The van der Waals surface area contributed by atoms with Crippen molar-refractivity contribution in [3.8, 4) is 10.6 Å². The molecule has 2 aromatic heterocycles. The lowest BCUT2D eigenvalue weighted by molar-refractivity contribution is 0.0944. The van der Waals surface area contributed by atoms with Gasteiger partial charge in [-0.1, -0.05) is 30.3 Å². The van der Waals surface area contributed by atoms with Gasteiger partial charge in [-0.25, -0.2) is 4.98 Å². The first kappa shape index (κ1) is 15.4. The van der Waals surface area contributed by atoms with Crippen molar-refractivity contribution in [3.05, 3.63) is 58.9 Å². The second kappa shape index (κ2) is 6.75. The summed E-state index contributed by atoms with van der Waals surface area (Å²) in [5, 5.41) is 10.1. The van der Waals surface area contributed by atoms with Gasteiger partial charge in [-0.05, 0) is 13.0 Å². The maximum atomic E-state index is 12.1. The Hall–Kier alpha value is -2.47. The fraction of sp³-hybridized carbons (Fsp3) is 0.235. The molecule has 3 aromatic rings. The third-order valence-corrected chi connectivity index (χ3v) is 4.41. The molecule has 0 atom stereocenters. The molecule has 118 valence electrons. The number of hydrogen-bond donors (Lipinski definition) is 1. The minimum absolute atomic E-state index is 0.105. The van der Waals surface area contributed by atoms with Crippen LogP contribution in [0.2, 0.25) is 0 Å². The van der Waals surface area contributed by atoms with Gasteiger partial charge in [-0.2, -0.15) is 5.10 Å². The maximum absolute atomic E-state index is 12.1. The first-order valence-corrected chi connectivity index (χ1v) is 8.30. The molecule has 0 aliphatic carbocycles. The van der Waals surface area contributed by atoms with E-state index >= 15 is 0 Å². The lowest BCUT2D eigenvalue weighted by atomic mass is 10.2. The SMILES string of the molecule is Cc1cc(C(=O)NCCc2csc(-c3ccccc3)n2)n(C)n1. The van der Waals surface area contributed by atoms with Gasteiger partial charge in [0.25, 0.3) is 5.91 Å². The Labute approximate surface area is 139 Å². The highest BCUT2D eigenvalue weighted by atomic mass is 32.1. The molecule has 0 radical (unpaired) electrons. The van der Waals surface area contributed by atoms with Crippen LogP contribution in [0.1, 0.15) is 21.9 Å². The number of hydrogen-bond acceptors (Lipinski definition) is 4. The monoisotopic (exact) mass is 326 g/mol. The van der Waals surface area contributed by atoms with Gasteiger partial charge in [0.2, 0.25) is 0 Å². The van der Waals surface area contributed by atoms with Gasteiger partial charge in [-0.3, -0.25) is 9.48 Å². The Kier molecular flexibility index (Phi) is 4.52. The van der Waals surface area contributed by atoms with Crippen molar-refractivity contribution in [2.45, 2.75) is 13.3 Å². The normalized spacial score (nSPS) is 10.7. The van der Waals surface area contributed by atoms with E-state index in [2.05, 4.69) is 27.5 Å². The van der Waals surface area contributed by atoms with Crippen LogP contribution in [0, 0.1) is 6.92 Å². The van der Waals surface area contributed by atoms with E-state index in [0.29, 0.717) is 18.7 Å². The first-order chi connectivity index (χ1) is 11.1. The fourth-order valence-corrected chi connectivity index (χ4v) is 3.21. The van der Waals surface area contributed by atoms with Crippen LogP contribution < -0.4 is 5.32 Å². The summed E-state index contributed by atoms with van der Waals surface area (Å²) in [6.07, 6.45) is 0.714. The van der Waals surface area contributed by atoms with Crippen molar-refractivity contribution in [3.63, 3.8) is 0 Å². The average Bonchev–Trinajstić information content (AvgIpc) is 3.14. The number of aryl methyl sites for hydroxylation is 2. The van der Waals surface area contributed by atoms with E-state index in [4.69, 9.17) is 0 Å². The highest BCUT2D eigenvalue weighted by molar-refractivity contribution is 7.13. The fourth-order valence-electron chi connectivity index (χ4n) is 2.35. The third-order valence-electron chi connectivity index (χ3n) is 3.47. The predicted octanol–water partition coefficient (Wildman–Crippen LogP) is 2.82. The molecule has 0 spiro atoms. The van der Waals surface area contributed by atoms with Gasteiger partial charge >= 0.3 is 0 Å². The summed E-state index contributed by atoms with van der Waals surface area (Å²) < 4.78 is 1.60. The zero-order valence-electron chi connectivity index (χ0n) is 13.1. The predicted molar refractivity (Wildman–Crippen MR) is 91.5 cm³/mol. The Balaban J connectivity index is 1.56. The zero-order valence-corrected chi connectivity index (χ0v) is 13.9. The largest absolute Gasteiger partial charge is 0.350 e. The minimum Gasteiger partial charge on any atom is -0.350 e. The molecule has 5 nitrogen and oxygen atoms in total. The quantitative estimate of drug-likeness (QED) is 0.784. The van der Waals surface area contributed by atoms with Crippen LogP contribution in [0.3, 0.4) is 0 Å². The topological polar surface area (TPSA) is 59.8 Å². The van der Waals surface area contributed by atoms with Crippen LogP contribution in [0.15, 0.2) is 41.8 Å². The molecule has 0 saturated heterocycles. The van der Waals surface area contributed by atoms with Gasteiger partial charge in [-0.15, -0.1) is 11.3 Å². The second-order valence-electron chi connectivity index (χ2n) is 5.31. The number of nitrogens with one attached hydrogen (secondary N) is 1. The average molecular weight is 326 g/mol. The summed E-state index contributed by atoms with van der Waals surface area (Å²) >= 11 is 1.63. The van der Waals surface area contributed by atoms with E-state index < -0.39 is 0 Å². The van der Waals surface area contributed by atoms with Crippen molar-refractivity contribution in [2.75, 3.05) is 6.54 Å². The van der Waals surface area contributed by atoms with Gasteiger partial charge in [0, 0.05) is 31.0 Å². The van der Waals surface area contributed by atoms with Gasteiger partial charge < -0.3 is 5.32 Å². The van der Waals surface area contributed by atoms with Crippen LogP contribution in [-0.4, -0.2) is 27.2 Å². The van der Waals surface area contributed by atoms with Crippen LogP contribution in [-0.2, 0) is 13.5 Å². The number of amides is 1. The van der Waals surface area contributed by atoms with E-state index in [9.17, 15) is 4.79 Å². The molecule has 0 aliphatic rings. The number of benzene rings is 1. The number of carbonyl (C=O) groups is 1. The second-order valence-corrected chi connectivity index (χ2v) is 6.17. The molecule has 0 aliphatic heterocycles. The molecule has 6 heteroatoms. The molecular formula is C17H18N4OS. The van der Waals surface area contributed by atoms with Crippen molar-refractivity contribution >= 4 is 17.2 Å². The summed E-state index contributed by atoms with van der Waals surface area (Å²) in [6, 6.07) is 11.9. The Bertz CT molecular complexity index is 807. The molecule has 1 amide bonds. The summed E-state index contributed by atoms with van der Waals surface area (Å²) in [7, 11) is 1.77. The van der Waals surface area contributed by atoms with Crippen molar-refractivity contribution in [2.24, 2.45) is 7.05 Å². The smallest absolute Gasteiger partial charge is 0.269 e. The number of nitrogens with zero attached hydrogens (tertiary/aromatic N) is 3. The molecule has 0 unspecified atom stereocenters. The van der Waals surface area contributed by atoms with E-state index in [1.165, 1.54) is 0 Å². The van der Waals surface area contributed by atoms with Crippen molar-refractivity contribution in [1.82, 2.24) is 20.1 Å². The highest BCUT2D eigenvalue weighted by Crippen LogP contribution is 2.23. The van der Waals surface area contributed by atoms with Crippen LogP contribution >= 0.6 is 11.3 Å². The van der Waals surface area contributed by atoms with E-state index in [1.54, 1.807) is 29.1 Å². The molecule has 0 bridgehead atoms. The van der Waals surface area contributed by atoms with Crippen molar-refractivity contribution < 1.29 is 4.79 Å². The molecule has 3 rings (SSSR count). The standard InChI is InChI=1S/C17H18N4OS/c1-12-10-15(21(2)20-12)16(22)18-9-8-14-11-23-17(19-14)13-6-4-3-5-7-13/h3-7,10-11H,8-9H2,1-2H3,(H,18,22). The molecule has 2 heterocycles. The molecular weight excluding hydrogens is 308 g/mol. The Morgan fingerprint density at radius 1 is 1.30 bits per heavy atom. The summed E-state index contributed by atoms with van der Waals surface area (Å²) in [4.78, 5) is 16.7. The Morgan fingerprint density at radius 2 is 2.09 bits per heavy atom. The highest BCUT2D eigenvalue weighted by Gasteiger charge is 2.11. The van der Waals surface area contributed by atoms with E-state index in [1.807, 2.05) is 30.5 Å². The third kappa shape index (κ3) is 3.65. The van der Waals surface area contributed by atoms with Crippen molar-refractivity contribution in [1.29, 1.82) is 0 Å². The molecule has 1 N–H and O–H groups in total. The van der Waals surface area contributed by atoms with Gasteiger partial charge in [0.05, 0.1) is 11.4 Å². The molecule has 1 aromatic carbocycles. The van der Waals surface area contributed by atoms with Crippen LogP contribution in [0.5, 0.6) is 0 Å². The molecule has 0 fully saturated rings. The zero-order chi connectivity index (χ0) is 16.2. The summed E-state index contributed by atoms with van der Waals surface area (Å²) in [6.45, 7) is 2.43. The van der Waals surface area contributed by atoms with Gasteiger partial charge in [0.1, 0.15) is 10.7 Å². The minimum atomic E-state index is -0.105. The number of thiazole rings is 1. The molecule has 0 saturated carbocycles.